The van der Waals surface area contributed by atoms with Gasteiger partial charge < -0.3 is 10.6 Å². The molecular weight excluding hydrogens is 322 g/mol. The summed E-state index contributed by atoms with van der Waals surface area (Å²) < 4.78 is 0.886. The highest BCUT2D eigenvalue weighted by atomic mass is 79.9. The quantitative estimate of drug-likeness (QED) is 0.885. The number of rotatable bonds is 2. The molecule has 2 N–H and O–H groups in total. The van der Waals surface area contributed by atoms with Crippen molar-refractivity contribution in [3.63, 3.8) is 0 Å². The summed E-state index contributed by atoms with van der Waals surface area (Å²) in [5.41, 5.74) is 1.38. The van der Waals surface area contributed by atoms with E-state index >= 15 is 0 Å². The first-order chi connectivity index (χ1) is 9.63. The molecule has 1 aliphatic heterocycles. The smallest absolute Gasteiger partial charge is 0.247 e. The first kappa shape index (κ1) is 13.1. The van der Waals surface area contributed by atoms with Gasteiger partial charge in [-0.1, -0.05) is 12.1 Å². The number of pyridine rings is 1. The normalized spacial score (nSPS) is 18.1. The molecule has 0 unspecified atom stereocenters. The number of aromatic nitrogens is 1. The van der Waals surface area contributed by atoms with Crippen LogP contribution in [0.25, 0.3) is 10.9 Å². The monoisotopic (exact) mass is 333 g/mol. The van der Waals surface area contributed by atoms with Gasteiger partial charge in [0, 0.05) is 22.5 Å². The Labute approximate surface area is 123 Å². The molecule has 2 heterocycles. The Kier molecular flexibility index (Phi) is 3.40. The van der Waals surface area contributed by atoms with E-state index in [0.29, 0.717) is 18.5 Å². The van der Waals surface area contributed by atoms with E-state index in [9.17, 15) is 9.59 Å². The van der Waals surface area contributed by atoms with E-state index in [1.165, 1.54) is 0 Å². The lowest BCUT2D eigenvalue weighted by Crippen LogP contribution is -2.37. The second-order valence-corrected chi connectivity index (χ2v) is 5.59. The van der Waals surface area contributed by atoms with Crippen LogP contribution in [0, 0.1) is 0 Å². The number of anilines is 1. The summed E-state index contributed by atoms with van der Waals surface area (Å²) in [6.07, 6.45) is 2.63. The SMILES string of the molecule is O=C1CC[C@@H](C(=O)Nc2cccc3cc(Br)cnc23)N1. The molecule has 0 aliphatic carbocycles. The molecule has 1 aromatic carbocycles. The number of hydrogen-bond donors (Lipinski definition) is 2. The topological polar surface area (TPSA) is 71.1 Å². The number of benzene rings is 1. The Balaban J connectivity index is 1.87. The zero-order valence-corrected chi connectivity index (χ0v) is 12.1. The summed E-state index contributed by atoms with van der Waals surface area (Å²) in [7, 11) is 0. The summed E-state index contributed by atoms with van der Waals surface area (Å²) in [4.78, 5) is 27.6. The third kappa shape index (κ3) is 2.51. The minimum absolute atomic E-state index is 0.0786. The van der Waals surface area contributed by atoms with Crippen LogP contribution in [0.2, 0.25) is 0 Å². The van der Waals surface area contributed by atoms with Crippen LogP contribution in [-0.2, 0) is 9.59 Å². The minimum atomic E-state index is -0.451. The summed E-state index contributed by atoms with van der Waals surface area (Å²) in [6, 6.07) is 7.08. The fourth-order valence-electron chi connectivity index (χ4n) is 2.27. The zero-order chi connectivity index (χ0) is 14.1. The first-order valence-corrected chi connectivity index (χ1v) is 7.07. The number of para-hydroxylation sites is 1. The van der Waals surface area contributed by atoms with Crippen LogP contribution in [0.1, 0.15) is 12.8 Å². The van der Waals surface area contributed by atoms with Crippen LogP contribution in [0.15, 0.2) is 34.9 Å². The molecule has 1 atom stereocenters. The molecule has 102 valence electrons. The molecule has 1 fully saturated rings. The number of nitrogens with one attached hydrogen (secondary N) is 2. The van der Waals surface area contributed by atoms with Crippen molar-refractivity contribution in [2.75, 3.05) is 5.32 Å². The third-order valence-corrected chi connectivity index (χ3v) is 3.68. The van der Waals surface area contributed by atoms with Crippen LogP contribution in [-0.4, -0.2) is 22.8 Å². The Morgan fingerprint density at radius 3 is 3.05 bits per heavy atom. The van der Waals surface area contributed by atoms with Crippen LogP contribution >= 0.6 is 15.9 Å². The van der Waals surface area contributed by atoms with Gasteiger partial charge in [-0.3, -0.25) is 14.6 Å². The molecule has 0 saturated carbocycles. The number of amides is 2. The fourth-order valence-corrected chi connectivity index (χ4v) is 2.61. The molecule has 20 heavy (non-hydrogen) atoms. The van der Waals surface area contributed by atoms with E-state index in [-0.39, 0.29) is 11.8 Å². The van der Waals surface area contributed by atoms with E-state index in [1.54, 1.807) is 12.3 Å². The highest BCUT2D eigenvalue weighted by Gasteiger charge is 2.27. The van der Waals surface area contributed by atoms with Crippen LogP contribution in [0.3, 0.4) is 0 Å². The number of halogens is 1. The Hall–Kier alpha value is -1.95. The predicted octanol–water partition coefficient (Wildman–Crippen LogP) is 2.21. The third-order valence-electron chi connectivity index (χ3n) is 3.25. The standard InChI is InChI=1S/C14H12BrN3O2/c15-9-6-8-2-1-3-10(13(8)16-7-9)18-14(20)11-4-5-12(19)17-11/h1-3,6-7,11H,4-5H2,(H,17,19)(H,18,20)/t11-/m0/s1. The Morgan fingerprint density at radius 1 is 1.45 bits per heavy atom. The lowest BCUT2D eigenvalue weighted by Gasteiger charge is -2.12. The fraction of sp³-hybridized carbons (Fsp3) is 0.214. The van der Waals surface area contributed by atoms with E-state index in [0.717, 1.165) is 15.4 Å². The lowest BCUT2D eigenvalue weighted by atomic mass is 10.1. The first-order valence-electron chi connectivity index (χ1n) is 6.28. The molecule has 6 heteroatoms. The number of carbonyl (C=O) groups excluding carboxylic acids is 2. The molecule has 2 aromatic rings. The second kappa shape index (κ2) is 5.20. The number of fused-ring (bicyclic) bond motifs is 1. The van der Waals surface area contributed by atoms with Gasteiger partial charge in [-0.05, 0) is 34.5 Å². The zero-order valence-electron chi connectivity index (χ0n) is 10.5. The van der Waals surface area contributed by atoms with Gasteiger partial charge in [0.05, 0.1) is 11.2 Å². The summed E-state index contributed by atoms with van der Waals surface area (Å²) in [5, 5.41) is 6.43. The Bertz CT molecular complexity index is 702. The van der Waals surface area contributed by atoms with E-state index < -0.39 is 6.04 Å². The van der Waals surface area contributed by atoms with Gasteiger partial charge in [-0.2, -0.15) is 0 Å². The van der Waals surface area contributed by atoms with Crippen molar-refractivity contribution in [3.05, 3.63) is 34.9 Å². The molecule has 2 amide bonds. The van der Waals surface area contributed by atoms with Gasteiger partial charge >= 0.3 is 0 Å². The van der Waals surface area contributed by atoms with Crippen molar-refractivity contribution in [2.45, 2.75) is 18.9 Å². The summed E-state index contributed by atoms with van der Waals surface area (Å²) in [6.45, 7) is 0. The molecule has 5 nitrogen and oxygen atoms in total. The van der Waals surface area contributed by atoms with E-state index in [1.807, 2.05) is 18.2 Å². The minimum Gasteiger partial charge on any atom is -0.344 e. The maximum Gasteiger partial charge on any atom is 0.247 e. The maximum atomic E-state index is 12.1. The molecule has 0 radical (unpaired) electrons. The van der Waals surface area contributed by atoms with E-state index in [2.05, 4.69) is 31.5 Å². The van der Waals surface area contributed by atoms with Gasteiger partial charge in [-0.15, -0.1) is 0 Å². The number of hydrogen-bond acceptors (Lipinski definition) is 3. The molecule has 0 bridgehead atoms. The number of carbonyl (C=O) groups is 2. The van der Waals surface area contributed by atoms with E-state index in [4.69, 9.17) is 0 Å². The van der Waals surface area contributed by atoms with Crippen LogP contribution in [0.4, 0.5) is 5.69 Å². The molecule has 1 saturated heterocycles. The highest BCUT2D eigenvalue weighted by Crippen LogP contribution is 2.24. The van der Waals surface area contributed by atoms with Crippen molar-refractivity contribution in [3.8, 4) is 0 Å². The van der Waals surface area contributed by atoms with Crippen molar-refractivity contribution >= 4 is 44.3 Å². The summed E-state index contributed by atoms with van der Waals surface area (Å²) in [5.74, 6) is -0.279. The second-order valence-electron chi connectivity index (χ2n) is 4.68. The molecule has 1 aliphatic rings. The van der Waals surface area contributed by atoms with Gasteiger partial charge in [0.25, 0.3) is 0 Å². The van der Waals surface area contributed by atoms with Crippen molar-refractivity contribution < 1.29 is 9.59 Å². The number of nitrogens with zero attached hydrogens (tertiary/aromatic N) is 1. The largest absolute Gasteiger partial charge is 0.344 e. The van der Waals surface area contributed by atoms with Crippen LogP contribution in [0.5, 0.6) is 0 Å². The Morgan fingerprint density at radius 2 is 2.30 bits per heavy atom. The average Bonchev–Trinajstić information content (AvgIpc) is 2.85. The predicted molar refractivity (Wildman–Crippen MR) is 79.2 cm³/mol. The van der Waals surface area contributed by atoms with Crippen molar-refractivity contribution in [1.82, 2.24) is 10.3 Å². The summed E-state index contributed by atoms with van der Waals surface area (Å²) >= 11 is 3.37. The molecular formula is C14H12BrN3O2. The molecule has 1 aromatic heterocycles. The van der Waals surface area contributed by atoms with Crippen molar-refractivity contribution in [2.24, 2.45) is 0 Å². The van der Waals surface area contributed by atoms with Crippen LogP contribution < -0.4 is 10.6 Å². The van der Waals surface area contributed by atoms with Gasteiger partial charge in [-0.25, -0.2) is 0 Å². The average molecular weight is 334 g/mol. The maximum absolute atomic E-state index is 12.1. The van der Waals surface area contributed by atoms with Gasteiger partial charge in [0.1, 0.15) is 6.04 Å². The molecule has 0 spiro atoms. The van der Waals surface area contributed by atoms with Gasteiger partial charge in [0.2, 0.25) is 11.8 Å². The van der Waals surface area contributed by atoms with Crippen molar-refractivity contribution in [1.29, 1.82) is 0 Å². The molecule has 3 rings (SSSR count). The lowest BCUT2D eigenvalue weighted by molar-refractivity contribution is -0.122. The van der Waals surface area contributed by atoms with Gasteiger partial charge in [0.15, 0.2) is 0 Å². The highest BCUT2D eigenvalue weighted by molar-refractivity contribution is 9.10.